The van der Waals surface area contributed by atoms with Crippen molar-refractivity contribution in [1.82, 2.24) is 4.90 Å². The lowest BCUT2D eigenvalue weighted by Gasteiger charge is -2.37. The number of aldehydes is 1. The molecule has 0 saturated carbocycles. The molecule has 0 radical (unpaired) electrons. The lowest BCUT2D eigenvalue weighted by molar-refractivity contribution is -0.149. The van der Waals surface area contributed by atoms with E-state index in [1.54, 1.807) is 17.0 Å². The minimum Gasteiger partial charge on any atom is -0.469 e. The Morgan fingerprint density at radius 3 is 2.42 bits per heavy atom. The van der Waals surface area contributed by atoms with Crippen molar-refractivity contribution in [3.8, 4) is 0 Å². The standard InChI is InChI=1S/C23H34ClNO5Si/c1-22(2,3)31(5,6)30-14-12-25-19(17-7-9-18(24)10-8-17)15-23(11-13-26,21(25)28)16-20(27)29-4/h7-10,13,19H,11-12,14-16H2,1-6H3/t19-,23?/m1/s1. The van der Waals surface area contributed by atoms with E-state index in [2.05, 4.69) is 33.9 Å². The molecule has 31 heavy (non-hydrogen) atoms. The topological polar surface area (TPSA) is 72.9 Å². The molecule has 2 rings (SSSR count). The van der Waals surface area contributed by atoms with Crippen LogP contribution in [0.25, 0.3) is 0 Å². The van der Waals surface area contributed by atoms with Gasteiger partial charge in [0.2, 0.25) is 5.91 Å². The molecular weight excluding hydrogens is 434 g/mol. The summed E-state index contributed by atoms with van der Waals surface area (Å²) < 4.78 is 11.1. The molecule has 1 heterocycles. The van der Waals surface area contributed by atoms with Gasteiger partial charge < -0.3 is 18.9 Å². The SMILES string of the molecule is COC(=O)CC1(CC=O)C[C@H](c2ccc(Cl)cc2)N(CCO[Si](C)(C)C(C)(C)C)C1=O. The molecule has 0 bridgehead atoms. The van der Waals surface area contributed by atoms with Crippen LogP contribution >= 0.6 is 11.6 Å². The lowest BCUT2D eigenvalue weighted by atomic mass is 9.78. The predicted molar refractivity (Wildman–Crippen MR) is 123 cm³/mol. The number of amides is 1. The number of ether oxygens (including phenoxy) is 1. The Morgan fingerprint density at radius 2 is 1.90 bits per heavy atom. The Bertz CT molecular complexity index is 805. The van der Waals surface area contributed by atoms with E-state index in [1.165, 1.54) is 7.11 Å². The molecule has 0 N–H and O–H groups in total. The summed E-state index contributed by atoms with van der Waals surface area (Å²) in [7, 11) is -0.687. The van der Waals surface area contributed by atoms with Crippen molar-refractivity contribution >= 4 is 38.1 Å². The predicted octanol–water partition coefficient (Wildman–Crippen LogP) is 4.77. The monoisotopic (exact) mass is 467 g/mol. The first-order valence-electron chi connectivity index (χ1n) is 10.6. The quantitative estimate of drug-likeness (QED) is 0.297. The van der Waals surface area contributed by atoms with E-state index in [4.69, 9.17) is 20.8 Å². The molecule has 0 aliphatic carbocycles. The zero-order valence-electron chi connectivity index (χ0n) is 19.4. The van der Waals surface area contributed by atoms with Gasteiger partial charge in [0.05, 0.1) is 31.6 Å². The molecule has 8 heteroatoms. The highest BCUT2D eigenvalue weighted by atomic mass is 35.5. The van der Waals surface area contributed by atoms with Crippen molar-refractivity contribution in [2.24, 2.45) is 5.41 Å². The van der Waals surface area contributed by atoms with Crippen LogP contribution in [0.3, 0.4) is 0 Å². The Labute approximate surface area is 191 Å². The smallest absolute Gasteiger partial charge is 0.306 e. The van der Waals surface area contributed by atoms with Gasteiger partial charge in [0.1, 0.15) is 6.29 Å². The maximum Gasteiger partial charge on any atom is 0.306 e. The highest BCUT2D eigenvalue weighted by Crippen LogP contribution is 2.48. The van der Waals surface area contributed by atoms with Gasteiger partial charge in [-0.3, -0.25) is 9.59 Å². The van der Waals surface area contributed by atoms with Crippen molar-refractivity contribution < 1.29 is 23.5 Å². The summed E-state index contributed by atoms with van der Waals surface area (Å²) in [6.45, 7) is 11.6. The summed E-state index contributed by atoms with van der Waals surface area (Å²) >= 11 is 6.05. The van der Waals surface area contributed by atoms with Gasteiger partial charge in [-0.2, -0.15) is 0 Å². The largest absolute Gasteiger partial charge is 0.469 e. The molecule has 1 aliphatic rings. The summed E-state index contributed by atoms with van der Waals surface area (Å²) in [6.07, 6.45) is 0.937. The van der Waals surface area contributed by atoms with Crippen molar-refractivity contribution in [3.63, 3.8) is 0 Å². The third kappa shape index (κ3) is 5.76. The van der Waals surface area contributed by atoms with E-state index in [0.29, 0.717) is 24.6 Å². The molecule has 1 saturated heterocycles. The summed E-state index contributed by atoms with van der Waals surface area (Å²) in [5, 5.41) is 0.665. The maximum absolute atomic E-state index is 13.6. The molecule has 1 amide bonds. The van der Waals surface area contributed by atoms with Crippen LogP contribution in [-0.2, 0) is 23.5 Å². The van der Waals surface area contributed by atoms with E-state index in [1.807, 2.05) is 12.1 Å². The van der Waals surface area contributed by atoms with Crippen LogP contribution in [0, 0.1) is 5.41 Å². The normalized spacial score (nSPS) is 22.0. The number of hydrogen-bond acceptors (Lipinski definition) is 5. The van der Waals surface area contributed by atoms with Crippen LogP contribution in [0.15, 0.2) is 24.3 Å². The van der Waals surface area contributed by atoms with Gasteiger partial charge in [-0.25, -0.2) is 0 Å². The van der Waals surface area contributed by atoms with Gasteiger partial charge in [-0.15, -0.1) is 0 Å². The number of benzene rings is 1. The van der Waals surface area contributed by atoms with Gasteiger partial charge in [-0.05, 0) is 42.2 Å². The molecule has 1 aromatic rings. The molecule has 1 aromatic carbocycles. The summed E-state index contributed by atoms with van der Waals surface area (Å²) in [6, 6.07) is 7.07. The minimum atomic E-state index is -1.98. The second kappa shape index (κ2) is 9.84. The Kier molecular flexibility index (Phi) is 8.11. The van der Waals surface area contributed by atoms with Crippen LogP contribution in [0.5, 0.6) is 0 Å². The number of carbonyl (C=O) groups is 3. The van der Waals surface area contributed by atoms with Crippen molar-refractivity contribution in [3.05, 3.63) is 34.9 Å². The summed E-state index contributed by atoms with van der Waals surface area (Å²) in [4.78, 5) is 38.9. The number of esters is 1. The average molecular weight is 468 g/mol. The summed E-state index contributed by atoms with van der Waals surface area (Å²) in [5.74, 6) is -0.701. The van der Waals surface area contributed by atoms with Gasteiger partial charge in [0, 0.05) is 18.0 Å². The highest BCUT2D eigenvalue weighted by Gasteiger charge is 2.53. The number of halogens is 1. The Balaban J connectivity index is 2.33. The number of nitrogens with zero attached hydrogens (tertiary/aromatic N) is 1. The fourth-order valence-corrected chi connectivity index (χ4v) is 4.93. The van der Waals surface area contributed by atoms with E-state index in [-0.39, 0.29) is 29.8 Å². The number of methoxy groups -OCH3 is 1. The molecule has 1 fully saturated rings. The second-order valence-electron chi connectivity index (χ2n) is 9.78. The first-order chi connectivity index (χ1) is 14.4. The average Bonchev–Trinajstić information content (AvgIpc) is 2.94. The van der Waals surface area contributed by atoms with Crippen LogP contribution in [-0.4, -0.2) is 51.6 Å². The van der Waals surface area contributed by atoms with Crippen molar-refractivity contribution in [2.75, 3.05) is 20.3 Å². The lowest BCUT2D eigenvalue weighted by Crippen LogP contribution is -2.44. The number of hydrogen-bond donors (Lipinski definition) is 0. The fraction of sp³-hybridized carbons (Fsp3) is 0.609. The van der Waals surface area contributed by atoms with Crippen LogP contribution in [0.4, 0.5) is 0 Å². The van der Waals surface area contributed by atoms with Gasteiger partial charge >= 0.3 is 5.97 Å². The number of carbonyl (C=O) groups excluding carboxylic acids is 3. The molecule has 1 aliphatic heterocycles. The molecule has 0 spiro atoms. The van der Waals surface area contributed by atoms with Crippen molar-refractivity contribution in [1.29, 1.82) is 0 Å². The third-order valence-corrected chi connectivity index (χ3v) is 11.5. The highest BCUT2D eigenvalue weighted by molar-refractivity contribution is 6.74. The molecular formula is C23H34ClNO5Si. The molecule has 172 valence electrons. The molecule has 2 atom stereocenters. The molecule has 6 nitrogen and oxygen atoms in total. The Hall–Kier alpha value is -1.70. The third-order valence-electron chi connectivity index (χ3n) is 6.72. The first-order valence-corrected chi connectivity index (χ1v) is 13.9. The van der Waals surface area contributed by atoms with Gasteiger partial charge in [0.25, 0.3) is 0 Å². The van der Waals surface area contributed by atoms with E-state index >= 15 is 0 Å². The van der Waals surface area contributed by atoms with Gasteiger partial charge in [-0.1, -0.05) is 44.5 Å². The summed E-state index contributed by atoms with van der Waals surface area (Å²) in [5.41, 5.74) is -0.182. The first kappa shape index (κ1) is 25.6. The van der Waals surface area contributed by atoms with E-state index in [9.17, 15) is 14.4 Å². The van der Waals surface area contributed by atoms with E-state index in [0.717, 1.165) is 11.8 Å². The molecule has 1 unspecified atom stereocenters. The fourth-order valence-electron chi connectivity index (χ4n) is 3.77. The van der Waals surface area contributed by atoms with Crippen LogP contribution in [0.2, 0.25) is 23.2 Å². The maximum atomic E-state index is 13.6. The Morgan fingerprint density at radius 1 is 1.29 bits per heavy atom. The minimum absolute atomic E-state index is 0.0232. The number of likely N-dealkylation sites (tertiary alicyclic amines) is 1. The zero-order valence-corrected chi connectivity index (χ0v) is 21.1. The van der Waals surface area contributed by atoms with Crippen LogP contribution in [0.1, 0.15) is 51.6 Å². The van der Waals surface area contributed by atoms with Crippen molar-refractivity contribution in [2.45, 2.75) is 64.2 Å². The second-order valence-corrected chi connectivity index (χ2v) is 15.0. The van der Waals surface area contributed by atoms with Crippen LogP contribution < -0.4 is 0 Å². The number of rotatable bonds is 9. The van der Waals surface area contributed by atoms with Gasteiger partial charge in [0.15, 0.2) is 8.32 Å². The molecule has 0 aromatic heterocycles. The van der Waals surface area contributed by atoms with E-state index < -0.39 is 19.7 Å². The zero-order chi connectivity index (χ0) is 23.4.